The molecule has 11 heteroatoms. The summed E-state index contributed by atoms with van der Waals surface area (Å²) in [4.78, 5) is 27.1. The summed E-state index contributed by atoms with van der Waals surface area (Å²) in [5.74, 6) is -2.01. The maximum Gasteiger partial charge on any atom is 0.290 e. The maximum atomic E-state index is 15.6. The molecule has 3 heterocycles. The second-order valence-electron chi connectivity index (χ2n) is 8.80. The van der Waals surface area contributed by atoms with Gasteiger partial charge in [-0.3, -0.25) is 14.3 Å². The predicted molar refractivity (Wildman–Crippen MR) is 135 cm³/mol. The Hall–Kier alpha value is -3.86. The molecular weight excluding hydrogens is 486 g/mol. The third-order valence-corrected chi connectivity index (χ3v) is 7.50. The zero-order valence-corrected chi connectivity index (χ0v) is 20.8. The van der Waals surface area contributed by atoms with E-state index in [2.05, 4.69) is 20.8 Å². The van der Waals surface area contributed by atoms with Gasteiger partial charge in [-0.05, 0) is 62.4 Å². The number of amides is 1. The average Bonchev–Trinajstić information content (AvgIpc) is 3.42. The van der Waals surface area contributed by atoms with E-state index in [0.29, 0.717) is 10.7 Å². The van der Waals surface area contributed by atoms with Gasteiger partial charge in [0.25, 0.3) is 11.5 Å². The molecule has 36 heavy (non-hydrogen) atoms. The smallest absolute Gasteiger partial charge is 0.290 e. The molecule has 4 aromatic rings. The Morgan fingerprint density at radius 1 is 1.06 bits per heavy atom. The molecule has 2 N–H and O–H groups in total. The lowest BCUT2D eigenvalue weighted by Gasteiger charge is -2.12. The first kappa shape index (κ1) is 23.9. The van der Waals surface area contributed by atoms with E-state index in [4.69, 9.17) is 0 Å². The van der Waals surface area contributed by atoms with Crippen molar-refractivity contribution in [2.24, 2.45) is 14.1 Å². The number of nitrogens with zero attached hydrogens (tertiary/aromatic N) is 4. The van der Waals surface area contributed by atoms with Crippen LogP contribution >= 0.6 is 11.3 Å². The number of aromatic nitrogens is 4. The number of benzene rings is 1. The number of carbonyl (C=O) groups excluding carboxylic acids is 1. The van der Waals surface area contributed by atoms with E-state index >= 15 is 4.39 Å². The first-order chi connectivity index (χ1) is 17.2. The summed E-state index contributed by atoms with van der Waals surface area (Å²) < 4.78 is 32.9. The summed E-state index contributed by atoms with van der Waals surface area (Å²) in [5, 5.41) is 13.8. The van der Waals surface area contributed by atoms with Crippen LogP contribution in [0, 0.1) is 18.6 Å². The number of thiophene rings is 1. The van der Waals surface area contributed by atoms with Crippen molar-refractivity contribution in [2.75, 3.05) is 10.6 Å². The number of anilines is 3. The van der Waals surface area contributed by atoms with Gasteiger partial charge in [0.05, 0.1) is 10.6 Å². The lowest BCUT2D eigenvalue weighted by molar-refractivity contribution is 0.102. The Kier molecular flexibility index (Phi) is 6.17. The Labute approximate surface area is 209 Å². The lowest BCUT2D eigenvalue weighted by atomic mass is 9.99. The number of halogens is 2. The number of fused-ring (bicyclic) bond motifs is 1. The van der Waals surface area contributed by atoms with Crippen LogP contribution in [0.25, 0.3) is 11.3 Å². The van der Waals surface area contributed by atoms with Crippen molar-refractivity contribution < 1.29 is 13.6 Å². The van der Waals surface area contributed by atoms with Crippen LogP contribution in [-0.2, 0) is 26.9 Å². The molecule has 0 unspecified atom stereocenters. The van der Waals surface area contributed by atoms with Gasteiger partial charge in [0.2, 0.25) is 0 Å². The quantitative estimate of drug-likeness (QED) is 0.406. The highest BCUT2D eigenvalue weighted by Gasteiger charge is 2.22. The summed E-state index contributed by atoms with van der Waals surface area (Å²) in [7, 11) is 3.20. The van der Waals surface area contributed by atoms with Gasteiger partial charge in [0.1, 0.15) is 17.2 Å². The molecule has 5 rings (SSSR count). The molecule has 1 aromatic carbocycles. The monoisotopic (exact) mass is 510 g/mol. The summed E-state index contributed by atoms with van der Waals surface area (Å²) in [5.41, 5.74) is 1.15. The predicted octanol–water partition coefficient (Wildman–Crippen LogP) is 4.70. The highest BCUT2D eigenvalue weighted by molar-refractivity contribution is 7.14. The van der Waals surface area contributed by atoms with Crippen LogP contribution in [0.2, 0.25) is 0 Å². The normalized spacial score (nSPS) is 12.9. The largest absolute Gasteiger partial charge is 0.334 e. The maximum absolute atomic E-state index is 15.6. The molecule has 0 fully saturated rings. The number of nitrogens with one attached hydrogen (secondary N) is 2. The summed E-state index contributed by atoms with van der Waals surface area (Å²) in [6, 6.07) is 7.23. The Balaban J connectivity index is 1.48. The molecule has 1 aliphatic rings. The Morgan fingerprint density at radius 2 is 1.83 bits per heavy atom. The summed E-state index contributed by atoms with van der Waals surface area (Å²) in [6.07, 6.45) is 3.96. The number of carbonyl (C=O) groups is 1. The third kappa shape index (κ3) is 4.41. The zero-order valence-electron chi connectivity index (χ0n) is 20.0. The minimum Gasteiger partial charge on any atom is -0.334 e. The molecule has 1 aliphatic carbocycles. The molecule has 0 spiro atoms. The van der Waals surface area contributed by atoms with Crippen molar-refractivity contribution >= 4 is 34.4 Å². The van der Waals surface area contributed by atoms with E-state index in [1.807, 2.05) is 6.92 Å². The molecule has 186 valence electrons. The number of aryl methyl sites for hydroxylation is 5. The average molecular weight is 511 g/mol. The SMILES string of the molecule is Cc1cc(Nc2cc(-c3ccc(F)c(NC(=O)c4cc5c(s4)CCCC5)c3F)nn(C)c2=O)nn1C. The van der Waals surface area contributed by atoms with Gasteiger partial charge in [-0.2, -0.15) is 10.2 Å². The first-order valence-corrected chi connectivity index (χ1v) is 12.3. The highest BCUT2D eigenvalue weighted by Crippen LogP contribution is 2.33. The second kappa shape index (κ2) is 9.30. The van der Waals surface area contributed by atoms with Gasteiger partial charge in [0.15, 0.2) is 11.6 Å². The van der Waals surface area contributed by atoms with Gasteiger partial charge in [-0.25, -0.2) is 13.5 Å². The fourth-order valence-electron chi connectivity index (χ4n) is 4.23. The standard InChI is InChI=1S/C25H24F2N6O2S/c1-13-10-21(31-32(13)2)28-18-12-17(30-33(3)25(18)35)15-8-9-16(26)23(22(15)27)29-24(34)20-11-14-6-4-5-7-19(14)36-20/h8-12H,4-7H2,1-3H3,(H,28,31)(H,29,34). The van der Waals surface area contributed by atoms with Crippen molar-refractivity contribution in [3.05, 3.63) is 73.3 Å². The van der Waals surface area contributed by atoms with Crippen molar-refractivity contribution in [1.29, 1.82) is 0 Å². The minimum absolute atomic E-state index is 0.0620. The molecule has 0 aliphatic heterocycles. The molecule has 3 aromatic heterocycles. The second-order valence-corrected chi connectivity index (χ2v) is 9.93. The van der Waals surface area contributed by atoms with Crippen LogP contribution in [0.4, 0.5) is 26.0 Å². The van der Waals surface area contributed by atoms with Crippen LogP contribution in [0.3, 0.4) is 0 Å². The summed E-state index contributed by atoms with van der Waals surface area (Å²) >= 11 is 1.36. The molecule has 0 bridgehead atoms. The van der Waals surface area contributed by atoms with E-state index in [-0.39, 0.29) is 16.9 Å². The van der Waals surface area contributed by atoms with Crippen molar-refractivity contribution in [3.8, 4) is 11.3 Å². The van der Waals surface area contributed by atoms with Gasteiger partial charge in [0, 0.05) is 36.3 Å². The zero-order chi connectivity index (χ0) is 25.6. The molecule has 1 amide bonds. The van der Waals surface area contributed by atoms with Gasteiger partial charge < -0.3 is 10.6 Å². The molecule has 0 saturated heterocycles. The fraction of sp³-hybridized carbons (Fsp3) is 0.280. The van der Waals surface area contributed by atoms with Gasteiger partial charge in [-0.15, -0.1) is 11.3 Å². The van der Waals surface area contributed by atoms with Crippen LogP contribution < -0.4 is 16.2 Å². The number of rotatable bonds is 5. The van der Waals surface area contributed by atoms with Crippen LogP contribution in [0.15, 0.2) is 35.1 Å². The number of hydrogen-bond donors (Lipinski definition) is 2. The Bertz CT molecular complexity index is 1510. The minimum atomic E-state index is -0.976. The van der Waals surface area contributed by atoms with Crippen molar-refractivity contribution in [3.63, 3.8) is 0 Å². The first-order valence-electron chi connectivity index (χ1n) is 11.5. The van der Waals surface area contributed by atoms with E-state index in [0.717, 1.165) is 52.6 Å². The van der Waals surface area contributed by atoms with E-state index in [1.165, 1.54) is 30.5 Å². The molecule has 8 nitrogen and oxygen atoms in total. The molecule has 0 radical (unpaired) electrons. The van der Waals surface area contributed by atoms with Gasteiger partial charge >= 0.3 is 0 Å². The molecule has 0 atom stereocenters. The molecular formula is C25H24F2N6O2S. The van der Waals surface area contributed by atoms with Crippen LogP contribution in [0.1, 0.15) is 38.6 Å². The van der Waals surface area contributed by atoms with E-state index in [9.17, 15) is 14.0 Å². The molecule has 0 saturated carbocycles. The topological polar surface area (TPSA) is 93.8 Å². The summed E-state index contributed by atoms with van der Waals surface area (Å²) in [6.45, 7) is 1.86. The van der Waals surface area contributed by atoms with Gasteiger partial charge in [-0.1, -0.05) is 0 Å². The van der Waals surface area contributed by atoms with Crippen LogP contribution in [-0.4, -0.2) is 25.5 Å². The lowest BCUT2D eigenvalue weighted by Crippen LogP contribution is -2.23. The Morgan fingerprint density at radius 3 is 2.56 bits per heavy atom. The van der Waals surface area contributed by atoms with Crippen LogP contribution in [0.5, 0.6) is 0 Å². The van der Waals surface area contributed by atoms with E-state index < -0.39 is 28.8 Å². The highest BCUT2D eigenvalue weighted by atomic mass is 32.1. The van der Waals surface area contributed by atoms with Crippen molar-refractivity contribution in [2.45, 2.75) is 32.6 Å². The third-order valence-electron chi connectivity index (χ3n) is 6.27. The van der Waals surface area contributed by atoms with Crippen molar-refractivity contribution in [1.82, 2.24) is 19.6 Å². The number of hydrogen-bond acceptors (Lipinski definition) is 6. The van der Waals surface area contributed by atoms with E-state index in [1.54, 1.807) is 23.9 Å². The fourth-order valence-corrected chi connectivity index (χ4v) is 5.38.